The van der Waals surface area contributed by atoms with Gasteiger partial charge < -0.3 is 9.32 Å². The molecule has 0 spiro atoms. The summed E-state index contributed by atoms with van der Waals surface area (Å²) >= 11 is 0. The third kappa shape index (κ3) is 5.82. The van der Waals surface area contributed by atoms with E-state index in [9.17, 15) is 0 Å². The summed E-state index contributed by atoms with van der Waals surface area (Å²) in [6, 6.07) is 80.7. The van der Waals surface area contributed by atoms with Gasteiger partial charge >= 0.3 is 0 Å². The monoisotopic (exact) mass is 739 g/mol. The Bertz CT molecular complexity index is 3270. The summed E-state index contributed by atoms with van der Waals surface area (Å²) in [5.74, 6) is 0. The van der Waals surface area contributed by atoms with Gasteiger partial charge in [0.25, 0.3) is 0 Å². The maximum Gasteiger partial charge on any atom is 0.137 e. The molecule has 2 heteroatoms. The number of benzene rings is 10. The van der Waals surface area contributed by atoms with Crippen LogP contribution in [-0.2, 0) is 0 Å². The first-order valence-electron chi connectivity index (χ1n) is 19.8. The fourth-order valence-electron chi connectivity index (χ4n) is 8.76. The molecule has 0 bridgehead atoms. The van der Waals surface area contributed by atoms with E-state index in [4.69, 9.17) is 4.42 Å². The molecule has 0 saturated heterocycles. The Morgan fingerprint density at radius 3 is 1.36 bits per heavy atom. The minimum Gasteiger partial charge on any atom is -0.456 e. The maximum atomic E-state index is 6.44. The molecule has 0 aliphatic rings. The van der Waals surface area contributed by atoms with Crippen molar-refractivity contribution in [2.45, 2.75) is 0 Å². The molecule has 0 aliphatic heterocycles. The largest absolute Gasteiger partial charge is 0.456 e. The van der Waals surface area contributed by atoms with Crippen LogP contribution in [0, 0.1) is 0 Å². The lowest BCUT2D eigenvalue weighted by Crippen LogP contribution is -2.10. The predicted molar refractivity (Wildman–Crippen MR) is 245 cm³/mol. The van der Waals surface area contributed by atoms with Gasteiger partial charge in [-0.1, -0.05) is 170 Å². The number of rotatable bonds is 7. The van der Waals surface area contributed by atoms with Crippen LogP contribution in [-0.4, -0.2) is 0 Å². The molecule has 11 aromatic rings. The normalized spacial score (nSPS) is 11.4. The van der Waals surface area contributed by atoms with Crippen molar-refractivity contribution in [1.29, 1.82) is 0 Å². The lowest BCUT2D eigenvalue weighted by Gasteiger charge is -2.26. The molecule has 0 amide bonds. The average molecular weight is 740 g/mol. The molecule has 0 aliphatic carbocycles. The van der Waals surface area contributed by atoms with E-state index in [1.807, 2.05) is 12.1 Å². The smallest absolute Gasteiger partial charge is 0.137 e. The van der Waals surface area contributed by atoms with Crippen LogP contribution in [0.3, 0.4) is 0 Å². The van der Waals surface area contributed by atoms with E-state index in [2.05, 4.69) is 217 Å². The summed E-state index contributed by atoms with van der Waals surface area (Å²) in [5.41, 5.74) is 14.5. The van der Waals surface area contributed by atoms with Gasteiger partial charge in [0.05, 0.1) is 0 Å². The second-order valence-corrected chi connectivity index (χ2v) is 14.9. The predicted octanol–water partition coefficient (Wildman–Crippen LogP) is 16.0. The van der Waals surface area contributed by atoms with Gasteiger partial charge in [-0.25, -0.2) is 0 Å². The molecule has 0 unspecified atom stereocenters. The molecule has 272 valence electrons. The fourth-order valence-corrected chi connectivity index (χ4v) is 8.76. The van der Waals surface area contributed by atoms with Crippen LogP contribution < -0.4 is 4.90 Å². The van der Waals surface area contributed by atoms with Crippen LogP contribution in [0.4, 0.5) is 17.1 Å². The Morgan fingerprint density at radius 2 is 0.690 bits per heavy atom. The third-order valence-corrected chi connectivity index (χ3v) is 11.4. The van der Waals surface area contributed by atoms with E-state index in [0.717, 1.165) is 55.7 Å². The van der Waals surface area contributed by atoms with Crippen LogP contribution in [0.15, 0.2) is 229 Å². The topological polar surface area (TPSA) is 16.4 Å². The zero-order valence-electron chi connectivity index (χ0n) is 31.7. The molecule has 2 nitrogen and oxygen atoms in total. The lowest BCUT2D eigenvalue weighted by atomic mass is 9.84. The van der Waals surface area contributed by atoms with Crippen LogP contribution in [0.25, 0.3) is 88.0 Å². The molecule has 1 heterocycles. The second-order valence-electron chi connectivity index (χ2n) is 14.9. The summed E-state index contributed by atoms with van der Waals surface area (Å²) in [6.07, 6.45) is 0. The molecule has 58 heavy (non-hydrogen) atoms. The lowest BCUT2D eigenvalue weighted by molar-refractivity contribution is 0.669. The SMILES string of the molecule is c1ccc(-c2cccc(N(c3cccc(-c4ccc5c(c4)c(-c4ccccc4)c(-c4ccccc4)c4ccccc45)c3)c3ccc4c(c3)oc3ccccc34)c2)cc1. The van der Waals surface area contributed by atoms with Gasteiger partial charge in [0.15, 0.2) is 0 Å². The highest BCUT2D eigenvalue weighted by Crippen LogP contribution is 2.46. The number of hydrogen-bond acceptors (Lipinski definition) is 2. The summed E-state index contributed by atoms with van der Waals surface area (Å²) in [4.78, 5) is 2.35. The number of furan rings is 1. The van der Waals surface area contributed by atoms with Gasteiger partial charge in [-0.05, 0) is 115 Å². The first kappa shape index (κ1) is 33.6. The Labute approximate surface area is 337 Å². The van der Waals surface area contributed by atoms with E-state index < -0.39 is 0 Å². The van der Waals surface area contributed by atoms with E-state index in [-0.39, 0.29) is 0 Å². The summed E-state index contributed by atoms with van der Waals surface area (Å²) < 4.78 is 6.44. The fraction of sp³-hybridized carbons (Fsp3) is 0. The van der Waals surface area contributed by atoms with Crippen molar-refractivity contribution in [2.24, 2.45) is 0 Å². The van der Waals surface area contributed by atoms with Crippen molar-refractivity contribution in [3.63, 3.8) is 0 Å². The zero-order chi connectivity index (χ0) is 38.4. The number of hydrogen-bond donors (Lipinski definition) is 0. The zero-order valence-corrected chi connectivity index (χ0v) is 31.7. The quantitative estimate of drug-likeness (QED) is 0.151. The molecule has 0 N–H and O–H groups in total. The first-order chi connectivity index (χ1) is 28.8. The molecule has 11 rings (SSSR count). The minimum atomic E-state index is 0.864. The van der Waals surface area contributed by atoms with Gasteiger partial charge in [0.1, 0.15) is 11.2 Å². The molecule has 0 saturated carbocycles. The van der Waals surface area contributed by atoms with Crippen LogP contribution >= 0.6 is 0 Å². The summed E-state index contributed by atoms with van der Waals surface area (Å²) in [6.45, 7) is 0. The van der Waals surface area contributed by atoms with Gasteiger partial charge in [0.2, 0.25) is 0 Å². The van der Waals surface area contributed by atoms with Gasteiger partial charge in [-0.15, -0.1) is 0 Å². The summed E-state index contributed by atoms with van der Waals surface area (Å²) in [7, 11) is 0. The van der Waals surface area contributed by atoms with E-state index in [1.165, 1.54) is 49.4 Å². The molecule has 1 aromatic heterocycles. The third-order valence-electron chi connectivity index (χ3n) is 11.4. The van der Waals surface area contributed by atoms with Crippen molar-refractivity contribution < 1.29 is 4.42 Å². The van der Waals surface area contributed by atoms with E-state index in [0.29, 0.717) is 0 Å². The molecular formula is C56H37NO. The number of para-hydroxylation sites is 1. The van der Waals surface area contributed by atoms with Crippen LogP contribution in [0.5, 0.6) is 0 Å². The van der Waals surface area contributed by atoms with Crippen LogP contribution in [0.1, 0.15) is 0 Å². The molecule has 0 fully saturated rings. The Hall–Kier alpha value is -7.68. The molecular weight excluding hydrogens is 703 g/mol. The van der Waals surface area contributed by atoms with Gasteiger partial charge in [-0.3, -0.25) is 0 Å². The minimum absolute atomic E-state index is 0.864. The highest BCUT2D eigenvalue weighted by atomic mass is 16.3. The van der Waals surface area contributed by atoms with Crippen molar-refractivity contribution in [2.75, 3.05) is 4.90 Å². The molecule has 0 atom stereocenters. The van der Waals surface area contributed by atoms with Crippen molar-refractivity contribution in [1.82, 2.24) is 0 Å². The van der Waals surface area contributed by atoms with Crippen molar-refractivity contribution >= 4 is 60.5 Å². The Balaban J connectivity index is 1.12. The Morgan fingerprint density at radius 1 is 0.241 bits per heavy atom. The average Bonchev–Trinajstić information content (AvgIpc) is 3.67. The molecule has 10 aromatic carbocycles. The van der Waals surface area contributed by atoms with Gasteiger partial charge in [0, 0.05) is 33.9 Å². The van der Waals surface area contributed by atoms with E-state index >= 15 is 0 Å². The van der Waals surface area contributed by atoms with E-state index in [1.54, 1.807) is 0 Å². The maximum absolute atomic E-state index is 6.44. The number of anilines is 3. The summed E-state index contributed by atoms with van der Waals surface area (Å²) in [5, 5.41) is 7.21. The highest BCUT2D eigenvalue weighted by molar-refractivity contribution is 6.22. The van der Waals surface area contributed by atoms with Crippen LogP contribution in [0.2, 0.25) is 0 Å². The number of nitrogens with zero attached hydrogens (tertiary/aromatic N) is 1. The molecule has 0 radical (unpaired) electrons. The van der Waals surface area contributed by atoms with Crippen molar-refractivity contribution in [3.8, 4) is 44.5 Å². The first-order valence-corrected chi connectivity index (χ1v) is 19.8. The van der Waals surface area contributed by atoms with Gasteiger partial charge in [-0.2, -0.15) is 0 Å². The number of fused-ring (bicyclic) bond motifs is 6. The highest BCUT2D eigenvalue weighted by Gasteiger charge is 2.20. The van der Waals surface area contributed by atoms with Crippen molar-refractivity contribution in [3.05, 3.63) is 224 Å². The standard InChI is InChI=1S/C56H37NO/c1-4-16-38(17-5-1)41-22-14-24-44(34-41)57(46-31-33-50-49-27-12-13-29-53(49)58-54(50)37-46)45-25-15-23-42(35-45)43-30-32-48-47-26-10-11-28-51(47)55(39-18-6-2-7-19-39)56(52(48)36-43)40-20-8-3-9-21-40/h1-37H. The Kier molecular flexibility index (Phi) is 8.19. The second kappa shape index (κ2) is 14.1.